The zero-order valence-corrected chi connectivity index (χ0v) is 13.2. The number of anilines is 1. The second-order valence-corrected chi connectivity index (χ2v) is 5.09. The fourth-order valence-electron chi connectivity index (χ4n) is 1.50. The Morgan fingerprint density at radius 2 is 2.09 bits per heavy atom. The molecule has 4 nitrogen and oxygen atoms in total. The number of hydrogen-bond acceptors (Lipinski definition) is 3. The first-order valence-electron chi connectivity index (χ1n) is 6.37. The van der Waals surface area contributed by atoms with Gasteiger partial charge in [0, 0.05) is 24.3 Å². The summed E-state index contributed by atoms with van der Waals surface area (Å²) in [5.41, 5.74) is -1.24. The number of carbonyl (C=O) groups is 1. The molecule has 0 aliphatic rings. The van der Waals surface area contributed by atoms with Crippen molar-refractivity contribution >= 4 is 34.8 Å². The molecule has 0 unspecified atom stereocenters. The van der Waals surface area contributed by atoms with Gasteiger partial charge in [0.1, 0.15) is 11.6 Å². The summed E-state index contributed by atoms with van der Waals surface area (Å²) in [4.78, 5) is 11.7. The number of nitrogens with zero attached hydrogens (tertiary/aromatic N) is 1. The highest BCUT2D eigenvalue weighted by molar-refractivity contribution is 6.31. The fourth-order valence-corrected chi connectivity index (χ4v) is 1.86. The number of amides is 1. The number of nitrogens with one attached hydrogen (secondary N) is 2. The Kier molecular flexibility index (Phi) is 7.20. The van der Waals surface area contributed by atoms with Gasteiger partial charge in [-0.1, -0.05) is 11.6 Å². The van der Waals surface area contributed by atoms with Crippen LogP contribution in [0.2, 0.25) is 5.02 Å². The molecule has 0 aromatic heterocycles. The molecular weight excluding hydrogens is 354 g/mol. The Balaban J connectivity index is 2.86. The molecule has 2 N–H and O–H groups in total. The van der Waals surface area contributed by atoms with E-state index in [9.17, 15) is 18.0 Å². The quantitative estimate of drug-likeness (QED) is 0.347. The van der Waals surface area contributed by atoms with E-state index in [1.807, 2.05) is 0 Å². The highest BCUT2D eigenvalue weighted by Crippen LogP contribution is 2.36. The summed E-state index contributed by atoms with van der Waals surface area (Å²) in [6, 6.07) is 4.83. The lowest BCUT2D eigenvalue weighted by Gasteiger charge is -2.11. The van der Waals surface area contributed by atoms with Crippen molar-refractivity contribution in [2.75, 3.05) is 17.7 Å². The molecule has 0 aliphatic heterocycles. The molecule has 0 radical (unpaired) electrons. The first-order valence-corrected chi connectivity index (χ1v) is 7.28. The largest absolute Gasteiger partial charge is 0.417 e. The number of benzene rings is 1. The van der Waals surface area contributed by atoms with Crippen LogP contribution in [-0.4, -0.2) is 18.3 Å². The van der Waals surface area contributed by atoms with E-state index >= 15 is 0 Å². The van der Waals surface area contributed by atoms with Gasteiger partial charge in [0.2, 0.25) is 0 Å². The zero-order chi connectivity index (χ0) is 17.5. The van der Waals surface area contributed by atoms with E-state index in [0.29, 0.717) is 18.8 Å². The van der Waals surface area contributed by atoms with Crippen molar-refractivity contribution in [2.24, 2.45) is 0 Å². The van der Waals surface area contributed by atoms with Crippen LogP contribution in [0.3, 0.4) is 0 Å². The van der Waals surface area contributed by atoms with Crippen molar-refractivity contribution in [1.82, 2.24) is 5.32 Å². The van der Waals surface area contributed by atoms with Gasteiger partial charge >= 0.3 is 6.18 Å². The van der Waals surface area contributed by atoms with E-state index in [1.165, 1.54) is 6.07 Å². The molecular formula is C14H12Cl2F3N3O. The van der Waals surface area contributed by atoms with Crippen molar-refractivity contribution in [1.29, 1.82) is 5.26 Å². The van der Waals surface area contributed by atoms with E-state index < -0.39 is 22.7 Å². The van der Waals surface area contributed by atoms with E-state index in [0.717, 1.165) is 18.3 Å². The molecule has 0 spiro atoms. The average Bonchev–Trinajstić information content (AvgIpc) is 2.48. The maximum Gasteiger partial charge on any atom is 0.417 e. The minimum absolute atomic E-state index is 0.0445. The highest BCUT2D eigenvalue weighted by atomic mass is 35.5. The van der Waals surface area contributed by atoms with Gasteiger partial charge < -0.3 is 10.6 Å². The van der Waals surface area contributed by atoms with Gasteiger partial charge in [-0.3, -0.25) is 4.79 Å². The van der Waals surface area contributed by atoms with Gasteiger partial charge in [-0.2, -0.15) is 18.4 Å². The van der Waals surface area contributed by atoms with E-state index in [4.69, 9.17) is 28.5 Å². The maximum absolute atomic E-state index is 12.7. The molecule has 0 atom stereocenters. The number of carbonyl (C=O) groups excluding carboxylic acids is 1. The van der Waals surface area contributed by atoms with Crippen LogP contribution < -0.4 is 10.6 Å². The molecule has 1 rings (SSSR count). The lowest BCUT2D eigenvalue weighted by atomic mass is 10.2. The van der Waals surface area contributed by atoms with Gasteiger partial charge in [-0.25, -0.2) is 0 Å². The first kappa shape index (κ1) is 19.1. The molecule has 0 saturated heterocycles. The summed E-state index contributed by atoms with van der Waals surface area (Å²) in [6.07, 6.45) is -3.04. The summed E-state index contributed by atoms with van der Waals surface area (Å²) in [5, 5.41) is 13.4. The molecule has 0 aliphatic carbocycles. The van der Waals surface area contributed by atoms with E-state index in [1.54, 1.807) is 6.07 Å². The first-order chi connectivity index (χ1) is 10.8. The zero-order valence-electron chi connectivity index (χ0n) is 11.7. The number of nitriles is 1. The minimum atomic E-state index is -4.60. The topological polar surface area (TPSA) is 64.9 Å². The third-order valence-electron chi connectivity index (χ3n) is 2.62. The average molecular weight is 366 g/mol. The smallest absolute Gasteiger partial charge is 0.360 e. The molecule has 0 saturated carbocycles. The van der Waals surface area contributed by atoms with Crippen molar-refractivity contribution in [2.45, 2.75) is 12.6 Å². The number of alkyl halides is 4. The number of halogens is 5. The molecule has 124 valence electrons. The van der Waals surface area contributed by atoms with Crippen molar-refractivity contribution in [3.05, 3.63) is 40.6 Å². The predicted octanol–water partition coefficient (Wildman–Crippen LogP) is 3.92. The molecule has 1 aromatic rings. The Morgan fingerprint density at radius 1 is 1.39 bits per heavy atom. The third kappa shape index (κ3) is 6.00. The Morgan fingerprint density at radius 3 is 2.65 bits per heavy atom. The molecule has 0 heterocycles. The van der Waals surface area contributed by atoms with Crippen LogP contribution in [-0.2, 0) is 11.0 Å². The van der Waals surface area contributed by atoms with Gasteiger partial charge in [0.15, 0.2) is 0 Å². The molecule has 0 fully saturated rings. The van der Waals surface area contributed by atoms with Gasteiger partial charge in [0.25, 0.3) is 5.91 Å². The fraction of sp³-hybridized carbons (Fsp3) is 0.286. The Labute approximate surface area is 140 Å². The molecule has 0 bridgehead atoms. The second kappa shape index (κ2) is 8.65. The van der Waals surface area contributed by atoms with Crippen molar-refractivity contribution in [3.8, 4) is 6.07 Å². The summed E-state index contributed by atoms with van der Waals surface area (Å²) >= 11 is 11.0. The van der Waals surface area contributed by atoms with E-state index in [-0.39, 0.29) is 11.3 Å². The molecule has 9 heteroatoms. The number of hydrogen-bond donors (Lipinski definition) is 2. The lowest BCUT2D eigenvalue weighted by molar-refractivity contribution is -0.137. The highest BCUT2D eigenvalue weighted by Gasteiger charge is 2.33. The van der Waals surface area contributed by atoms with Crippen LogP contribution in [0.4, 0.5) is 18.9 Å². The van der Waals surface area contributed by atoms with Crippen molar-refractivity contribution in [3.63, 3.8) is 0 Å². The van der Waals surface area contributed by atoms with Crippen LogP contribution in [0.5, 0.6) is 0 Å². The normalized spacial score (nSPS) is 11.7. The number of rotatable bonds is 6. The second-order valence-electron chi connectivity index (χ2n) is 4.30. The van der Waals surface area contributed by atoms with Crippen LogP contribution >= 0.6 is 23.2 Å². The van der Waals surface area contributed by atoms with Crippen LogP contribution in [0.15, 0.2) is 30.0 Å². The third-order valence-corrected chi connectivity index (χ3v) is 3.21. The van der Waals surface area contributed by atoms with E-state index in [2.05, 4.69) is 10.6 Å². The SMILES string of the molecule is N#C/C(=C/Nc1ccc(Cl)c(C(F)(F)F)c1)C(=O)NCCCCl. The van der Waals surface area contributed by atoms with Gasteiger partial charge in [-0.05, 0) is 24.6 Å². The van der Waals surface area contributed by atoms with Gasteiger partial charge in [0.05, 0.1) is 10.6 Å². The maximum atomic E-state index is 12.7. The molecule has 1 aromatic carbocycles. The minimum Gasteiger partial charge on any atom is -0.360 e. The predicted molar refractivity (Wildman–Crippen MR) is 82.1 cm³/mol. The Hall–Kier alpha value is -1.91. The Bertz CT molecular complexity index is 639. The van der Waals surface area contributed by atoms with Crippen LogP contribution in [0.1, 0.15) is 12.0 Å². The summed E-state index contributed by atoms with van der Waals surface area (Å²) in [7, 11) is 0. The lowest BCUT2D eigenvalue weighted by Crippen LogP contribution is -2.26. The summed E-state index contributed by atoms with van der Waals surface area (Å²) in [6.45, 7) is 0.292. The van der Waals surface area contributed by atoms with Crippen LogP contribution in [0, 0.1) is 11.3 Å². The monoisotopic (exact) mass is 365 g/mol. The standard InChI is InChI=1S/C14H12Cl2F3N3O/c15-4-1-5-21-13(23)9(7-20)8-22-10-2-3-12(16)11(6-10)14(17,18)19/h2-3,6,8,22H,1,4-5H2,(H,21,23)/b9-8-. The van der Waals surface area contributed by atoms with Gasteiger partial charge in [-0.15, -0.1) is 11.6 Å². The summed E-state index contributed by atoms with van der Waals surface area (Å²) < 4.78 is 38.2. The van der Waals surface area contributed by atoms with Crippen LogP contribution in [0.25, 0.3) is 0 Å². The molecule has 1 amide bonds. The molecule has 23 heavy (non-hydrogen) atoms. The van der Waals surface area contributed by atoms with Crippen molar-refractivity contribution < 1.29 is 18.0 Å². The summed E-state index contributed by atoms with van der Waals surface area (Å²) in [5.74, 6) is -0.287.